The zero-order valence-corrected chi connectivity index (χ0v) is 5.55. The molecule has 0 amide bonds. The van der Waals surface area contributed by atoms with E-state index < -0.39 is 11.6 Å². The molecule has 0 aromatic carbocycles. The van der Waals surface area contributed by atoms with Crippen LogP contribution in [0.2, 0.25) is 0 Å². The molecule has 9 heavy (non-hydrogen) atoms. The third-order valence-corrected chi connectivity index (χ3v) is 1.84. The first-order valence-corrected chi connectivity index (χ1v) is 2.94. The molecule has 1 saturated heterocycles. The zero-order chi connectivity index (χ0) is 7.07. The second-order valence-electron chi connectivity index (χ2n) is 2.65. The van der Waals surface area contributed by atoms with Gasteiger partial charge >= 0.3 is 5.97 Å². The molecular formula is C6H10O3. The van der Waals surface area contributed by atoms with Gasteiger partial charge in [-0.1, -0.05) is 6.92 Å². The first-order chi connectivity index (χ1) is 4.05. The number of cyclic esters (lactones) is 1. The fraction of sp³-hybridized carbons (Fsp3) is 0.833. The third-order valence-electron chi connectivity index (χ3n) is 1.84. The Balaban J connectivity index is 2.78. The molecule has 0 aromatic heterocycles. The number of hydrogen-bond donors (Lipinski definition) is 1. The highest BCUT2D eigenvalue weighted by atomic mass is 16.6. The lowest BCUT2D eigenvalue weighted by atomic mass is 9.95. The monoisotopic (exact) mass is 130 g/mol. The summed E-state index contributed by atoms with van der Waals surface area (Å²) in [4.78, 5) is 10.6. The minimum Gasteiger partial charge on any atom is -0.463 e. The topological polar surface area (TPSA) is 46.5 Å². The Bertz CT molecular complexity index is 139. The van der Waals surface area contributed by atoms with Crippen molar-refractivity contribution in [1.82, 2.24) is 0 Å². The summed E-state index contributed by atoms with van der Waals surface area (Å²) in [6, 6.07) is 0. The van der Waals surface area contributed by atoms with Crippen LogP contribution in [0.1, 0.15) is 13.8 Å². The molecule has 0 spiro atoms. The lowest BCUT2D eigenvalue weighted by Gasteiger charge is -2.14. The van der Waals surface area contributed by atoms with Gasteiger partial charge in [0.25, 0.3) is 0 Å². The van der Waals surface area contributed by atoms with Crippen LogP contribution in [0.4, 0.5) is 0 Å². The number of aliphatic hydroxyl groups is 1. The van der Waals surface area contributed by atoms with Crippen molar-refractivity contribution in [2.75, 3.05) is 6.61 Å². The van der Waals surface area contributed by atoms with Crippen LogP contribution in [0.15, 0.2) is 0 Å². The van der Waals surface area contributed by atoms with E-state index in [4.69, 9.17) is 0 Å². The SMILES string of the molecule is C[C@H]1COC(=O)[C@@]1(C)O. The molecular weight excluding hydrogens is 120 g/mol. The Morgan fingerprint density at radius 3 is 2.56 bits per heavy atom. The molecule has 2 atom stereocenters. The van der Waals surface area contributed by atoms with E-state index in [0.717, 1.165) is 0 Å². The fourth-order valence-corrected chi connectivity index (χ4v) is 0.710. The number of ether oxygens (including phenoxy) is 1. The Labute approximate surface area is 53.6 Å². The molecule has 1 heterocycles. The maximum absolute atomic E-state index is 10.6. The molecule has 52 valence electrons. The van der Waals surface area contributed by atoms with Crippen LogP contribution in [0, 0.1) is 5.92 Å². The molecule has 0 aromatic rings. The average Bonchev–Trinajstić information content (AvgIpc) is 1.96. The van der Waals surface area contributed by atoms with Crippen molar-refractivity contribution in [1.29, 1.82) is 0 Å². The minimum atomic E-state index is -1.25. The maximum Gasteiger partial charge on any atom is 0.338 e. The lowest BCUT2D eigenvalue weighted by Crippen LogP contribution is -2.35. The van der Waals surface area contributed by atoms with Crippen LogP contribution < -0.4 is 0 Å². The van der Waals surface area contributed by atoms with Gasteiger partial charge in [0.1, 0.15) is 0 Å². The van der Waals surface area contributed by atoms with Gasteiger partial charge in [0.05, 0.1) is 6.61 Å². The van der Waals surface area contributed by atoms with Crippen molar-refractivity contribution >= 4 is 5.97 Å². The highest BCUT2D eigenvalue weighted by Crippen LogP contribution is 2.24. The van der Waals surface area contributed by atoms with E-state index in [0.29, 0.717) is 6.61 Å². The normalized spacial score (nSPS) is 43.0. The van der Waals surface area contributed by atoms with Crippen molar-refractivity contribution in [3.63, 3.8) is 0 Å². The Morgan fingerprint density at radius 2 is 2.44 bits per heavy atom. The van der Waals surface area contributed by atoms with E-state index in [9.17, 15) is 9.90 Å². The van der Waals surface area contributed by atoms with E-state index in [1.54, 1.807) is 6.92 Å². The van der Waals surface area contributed by atoms with Crippen molar-refractivity contribution < 1.29 is 14.6 Å². The van der Waals surface area contributed by atoms with Gasteiger partial charge in [0.15, 0.2) is 5.60 Å². The second kappa shape index (κ2) is 1.70. The lowest BCUT2D eigenvalue weighted by molar-refractivity contribution is -0.152. The van der Waals surface area contributed by atoms with Crippen molar-refractivity contribution in [2.24, 2.45) is 5.92 Å². The van der Waals surface area contributed by atoms with Crippen LogP contribution in [-0.2, 0) is 9.53 Å². The number of hydrogen-bond acceptors (Lipinski definition) is 3. The van der Waals surface area contributed by atoms with Gasteiger partial charge in [-0.3, -0.25) is 0 Å². The van der Waals surface area contributed by atoms with Crippen LogP contribution >= 0.6 is 0 Å². The summed E-state index contributed by atoms with van der Waals surface area (Å²) in [6.45, 7) is 3.60. The highest BCUT2D eigenvalue weighted by molar-refractivity contribution is 5.80. The van der Waals surface area contributed by atoms with E-state index in [1.807, 2.05) is 0 Å². The first kappa shape index (κ1) is 6.55. The van der Waals surface area contributed by atoms with Gasteiger partial charge in [-0.15, -0.1) is 0 Å². The Kier molecular flexibility index (Phi) is 1.24. The summed E-state index contributed by atoms with van der Waals surface area (Å²) in [5, 5.41) is 9.26. The molecule has 1 aliphatic rings. The highest BCUT2D eigenvalue weighted by Gasteiger charge is 2.44. The third kappa shape index (κ3) is 0.812. The van der Waals surface area contributed by atoms with Gasteiger partial charge in [0.2, 0.25) is 0 Å². The van der Waals surface area contributed by atoms with Crippen molar-refractivity contribution in [3.05, 3.63) is 0 Å². The number of carbonyl (C=O) groups is 1. The quantitative estimate of drug-likeness (QED) is 0.467. The van der Waals surface area contributed by atoms with E-state index >= 15 is 0 Å². The summed E-state index contributed by atoms with van der Waals surface area (Å²) >= 11 is 0. The largest absolute Gasteiger partial charge is 0.463 e. The number of rotatable bonds is 0. The summed E-state index contributed by atoms with van der Waals surface area (Å²) in [6.07, 6.45) is 0. The van der Waals surface area contributed by atoms with E-state index in [2.05, 4.69) is 4.74 Å². The average molecular weight is 130 g/mol. The summed E-state index contributed by atoms with van der Waals surface area (Å²) in [7, 11) is 0. The van der Waals surface area contributed by atoms with Gasteiger partial charge in [-0.05, 0) is 6.92 Å². The number of esters is 1. The van der Waals surface area contributed by atoms with E-state index in [-0.39, 0.29) is 5.92 Å². The second-order valence-corrected chi connectivity index (χ2v) is 2.65. The van der Waals surface area contributed by atoms with Crippen LogP contribution in [0.25, 0.3) is 0 Å². The summed E-state index contributed by atoms with van der Waals surface area (Å²) in [5.74, 6) is -0.583. The number of carbonyl (C=O) groups excluding carboxylic acids is 1. The predicted molar refractivity (Wildman–Crippen MR) is 30.7 cm³/mol. The first-order valence-electron chi connectivity index (χ1n) is 2.94. The Hall–Kier alpha value is -0.570. The molecule has 3 nitrogen and oxygen atoms in total. The molecule has 0 radical (unpaired) electrons. The molecule has 3 heteroatoms. The smallest absolute Gasteiger partial charge is 0.338 e. The molecule has 1 rings (SSSR count). The predicted octanol–water partition coefficient (Wildman–Crippen LogP) is -0.0697. The van der Waals surface area contributed by atoms with Crippen molar-refractivity contribution in [3.8, 4) is 0 Å². The van der Waals surface area contributed by atoms with Crippen LogP contribution in [-0.4, -0.2) is 23.3 Å². The van der Waals surface area contributed by atoms with Crippen LogP contribution in [0.3, 0.4) is 0 Å². The summed E-state index contributed by atoms with van der Waals surface area (Å²) < 4.78 is 4.59. The maximum atomic E-state index is 10.6. The minimum absolute atomic E-state index is 0.0787. The van der Waals surface area contributed by atoms with Crippen molar-refractivity contribution in [2.45, 2.75) is 19.4 Å². The molecule has 0 aliphatic carbocycles. The molecule has 0 bridgehead atoms. The molecule has 0 saturated carbocycles. The molecule has 0 unspecified atom stereocenters. The van der Waals surface area contributed by atoms with Gasteiger partial charge in [-0.25, -0.2) is 4.79 Å². The molecule has 1 fully saturated rings. The van der Waals surface area contributed by atoms with Crippen LogP contribution in [0.5, 0.6) is 0 Å². The standard InChI is InChI=1S/C6H10O3/c1-4-3-9-5(7)6(4,2)8/h4,8H,3H2,1-2H3/t4-,6-/m0/s1. The van der Waals surface area contributed by atoms with Gasteiger partial charge < -0.3 is 9.84 Å². The molecule has 1 N–H and O–H groups in total. The Morgan fingerprint density at radius 1 is 1.89 bits per heavy atom. The fourth-order valence-electron chi connectivity index (χ4n) is 0.710. The van der Waals surface area contributed by atoms with Gasteiger partial charge in [-0.2, -0.15) is 0 Å². The van der Waals surface area contributed by atoms with E-state index in [1.165, 1.54) is 6.92 Å². The summed E-state index contributed by atoms with van der Waals surface area (Å²) in [5.41, 5.74) is -1.25. The van der Waals surface area contributed by atoms with Gasteiger partial charge in [0, 0.05) is 5.92 Å². The molecule has 1 aliphatic heterocycles. The zero-order valence-electron chi connectivity index (χ0n) is 5.55.